The summed E-state index contributed by atoms with van der Waals surface area (Å²) in [6, 6.07) is 0.236. The molecule has 0 aromatic carbocycles. The molecular weight excluding hydrogens is 182 g/mol. The second-order valence-corrected chi connectivity index (χ2v) is 3.52. The Morgan fingerprint density at radius 3 is 3.14 bits per heavy atom. The van der Waals surface area contributed by atoms with Crippen LogP contribution in [0.15, 0.2) is 4.52 Å². The lowest BCUT2D eigenvalue weighted by atomic mass is 10.2. The minimum Gasteiger partial charge on any atom is -0.374 e. The van der Waals surface area contributed by atoms with E-state index in [0.717, 1.165) is 13.0 Å². The summed E-state index contributed by atoms with van der Waals surface area (Å²) < 4.78 is 10.3. The van der Waals surface area contributed by atoms with Gasteiger partial charge in [0.15, 0.2) is 5.82 Å². The Labute approximate surface area is 82.8 Å². The molecule has 1 saturated heterocycles. The average Bonchev–Trinajstić information content (AvgIpc) is 2.86. The highest BCUT2D eigenvalue weighted by Gasteiger charge is 2.23. The van der Waals surface area contributed by atoms with Gasteiger partial charge in [0.1, 0.15) is 6.10 Å². The van der Waals surface area contributed by atoms with E-state index >= 15 is 0 Å². The van der Waals surface area contributed by atoms with Crippen LogP contribution in [0.4, 0.5) is 0 Å². The molecule has 0 aliphatic carbocycles. The zero-order valence-electron chi connectivity index (χ0n) is 8.49. The van der Waals surface area contributed by atoms with Crippen molar-refractivity contribution >= 4 is 0 Å². The van der Waals surface area contributed by atoms with Crippen molar-refractivity contribution in [3.05, 3.63) is 11.7 Å². The predicted octanol–water partition coefficient (Wildman–Crippen LogP) is 1.20. The fraction of sp³-hybridized carbons (Fsp3) is 0.778. The van der Waals surface area contributed by atoms with Crippen LogP contribution >= 0.6 is 0 Å². The van der Waals surface area contributed by atoms with Gasteiger partial charge in [-0.1, -0.05) is 5.16 Å². The van der Waals surface area contributed by atoms with Crippen molar-refractivity contribution in [2.24, 2.45) is 0 Å². The lowest BCUT2D eigenvalue weighted by Crippen LogP contribution is -2.13. The summed E-state index contributed by atoms with van der Waals surface area (Å²) in [4.78, 5) is 4.30. The molecule has 0 spiro atoms. The summed E-state index contributed by atoms with van der Waals surface area (Å²) in [6.07, 6.45) is 2.14. The molecule has 14 heavy (non-hydrogen) atoms. The van der Waals surface area contributed by atoms with Crippen LogP contribution in [0.1, 0.15) is 43.6 Å². The van der Waals surface area contributed by atoms with E-state index in [9.17, 15) is 0 Å². The van der Waals surface area contributed by atoms with E-state index in [1.54, 1.807) is 7.11 Å². The summed E-state index contributed by atoms with van der Waals surface area (Å²) in [5.74, 6) is 1.30. The zero-order valence-corrected chi connectivity index (χ0v) is 8.49. The molecular formula is C9H15N3O2. The van der Waals surface area contributed by atoms with Gasteiger partial charge in [-0.15, -0.1) is 0 Å². The van der Waals surface area contributed by atoms with E-state index in [-0.39, 0.29) is 12.1 Å². The van der Waals surface area contributed by atoms with Crippen LogP contribution < -0.4 is 5.32 Å². The summed E-state index contributed by atoms with van der Waals surface area (Å²) in [7, 11) is 1.63. The molecule has 78 valence electrons. The molecule has 1 aliphatic rings. The Morgan fingerprint density at radius 2 is 2.50 bits per heavy atom. The molecule has 1 N–H and O–H groups in total. The van der Waals surface area contributed by atoms with Crippen LogP contribution in [-0.4, -0.2) is 23.8 Å². The number of methoxy groups -OCH3 is 1. The van der Waals surface area contributed by atoms with E-state index in [2.05, 4.69) is 15.5 Å². The molecule has 0 amide bonds. The van der Waals surface area contributed by atoms with Crippen molar-refractivity contribution in [3.63, 3.8) is 0 Å². The van der Waals surface area contributed by atoms with Crippen LogP contribution in [0, 0.1) is 0 Å². The molecule has 2 atom stereocenters. The summed E-state index contributed by atoms with van der Waals surface area (Å²) in [6.45, 7) is 2.93. The van der Waals surface area contributed by atoms with Gasteiger partial charge in [0, 0.05) is 7.11 Å². The highest BCUT2D eigenvalue weighted by Crippen LogP contribution is 2.22. The second kappa shape index (κ2) is 4.06. The van der Waals surface area contributed by atoms with Gasteiger partial charge >= 0.3 is 0 Å². The molecule has 0 radical (unpaired) electrons. The van der Waals surface area contributed by atoms with Crippen molar-refractivity contribution in [1.29, 1.82) is 0 Å². The number of hydrogen-bond acceptors (Lipinski definition) is 5. The van der Waals surface area contributed by atoms with Gasteiger partial charge in [-0.05, 0) is 26.3 Å². The van der Waals surface area contributed by atoms with Gasteiger partial charge in [0.05, 0.1) is 6.04 Å². The Balaban J connectivity index is 2.08. The quantitative estimate of drug-likeness (QED) is 0.789. The number of hydrogen-bond donors (Lipinski definition) is 1. The first-order valence-electron chi connectivity index (χ1n) is 4.91. The fourth-order valence-corrected chi connectivity index (χ4v) is 1.55. The molecule has 1 fully saturated rings. The van der Waals surface area contributed by atoms with E-state index in [1.165, 1.54) is 6.42 Å². The Hall–Kier alpha value is -0.940. The molecule has 0 saturated carbocycles. The van der Waals surface area contributed by atoms with Crippen molar-refractivity contribution in [2.75, 3.05) is 13.7 Å². The third-order valence-corrected chi connectivity index (χ3v) is 2.53. The van der Waals surface area contributed by atoms with Crippen LogP contribution in [0.3, 0.4) is 0 Å². The Morgan fingerprint density at radius 1 is 1.64 bits per heavy atom. The van der Waals surface area contributed by atoms with Gasteiger partial charge in [0.2, 0.25) is 5.89 Å². The molecule has 1 aliphatic heterocycles. The first kappa shape index (κ1) is 9.61. The SMILES string of the molecule is COC(C)c1noc([C@H]2CCCN2)n1. The lowest BCUT2D eigenvalue weighted by Gasteiger charge is -2.03. The van der Waals surface area contributed by atoms with Gasteiger partial charge < -0.3 is 14.6 Å². The molecule has 5 nitrogen and oxygen atoms in total. The largest absolute Gasteiger partial charge is 0.374 e. The van der Waals surface area contributed by atoms with Crippen molar-refractivity contribution in [3.8, 4) is 0 Å². The Bertz CT molecular complexity index is 294. The van der Waals surface area contributed by atoms with Crippen LogP contribution in [0.2, 0.25) is 0 Å². The molecule has 2 heterocycles. The highest BCUT2D eigenvalue weighted by atomic mass is 16.5. The first-order chi connectivity index (χ1) is 6.81. The van der Waals surface area contributed by atoms with Gasteiger partial charge in [-0.25, -0.2) is 0 Å². The number of ether oxygens (including phenoxy) is 1. The van der Waals surface area contributed by atoms with Gasteiger partial charge in [-0.3, -0.25) is 0 Å². The molecule has 1 aromatic heterocycles. The molecule has 0 bridgehead atoms. The van der Waals surface area contributed by atoms with Crippen molar-refractivity contribution < 1.29 is 9.26 Å². The smallest absolute Gasteiger partial charge is 0.243 e. The topological polar surface area (TPSA) is 60.2 Å². The van der Waals surface area contributed by atoms with E-state index < -0.39 is 0 Å². The standard InChI is InChI=1S/C9H15N3O2/c1-6(13-2)8-11-9(14-12-8)7-4-3-5-10-7/h6-7,10H,3-5H2,1-2H3/t6?,7-/m1/s1. The average molecular weight is 197 g/mol. The molecule has 2 rings (SSSR count). The maximum atomic E-state index is 5.17. The van der Waals surface area contributed by atoms with Crippen molar-refractivity contribution in [1.82, 2.24) is 15.5 Å². The minimum atomic E-state index is -0.103. The van der Waals surface area contributed by atoms with Gasteiger partial charge in [-0.2, -0.15) is 4.98 Å². The van der Waals surface area contributed by atoms with E-state index in [1.807, 2.05) is 6.92 Å². The van der Waals surface area contributed by atoms with E-state index in [0.29, 0.717) is 11.7 Å². The normalized spacial score (nSPS) is 24.0. The molecule has 5 heteroatoms. The van der Waals surface area contributed by atoms with Crippen LogP contribution in [0.25, 0.3) is 0 Å². The predicted molar refractivity (Wildman–Crippen MR) is 49.7 cm³/mol. The fourth-order valence-electron chi connectivity index (χ4n) is 1.55. The molecule has 1 aromatic rings. The van der Waals surface area contributed by atoms with Crippen LogP contribution in [-0.2, 0) is 4.74 Å². The van der Waals surface area contributed by atoms with E-state index in [4.69, 9.17) is 9.26 Å². The number of nitrogens with one attached hydrogen (secondary N) is 1. The van der Waals surface area contributed by atoms with Crippen molar-refractivity contribution in [2.45, 2.75) is 31.9 Å². The third kappa shape index (κ3) is 1.78. The third-order valence-electron chi connectivity index (χ3n) is 2.53. The maximum absolute atomic E-state index is 5.17. The summed E-state index contributed by atoms with van der Waals surface area (Å²) in [5, 5.41) is 7.19. The summed E-state index contributed by atoms with van der Waals surface area (Å²) in [5.41, 5.74) is 0. The molecule has 1 unspecified atom stereocenters. The highest BCUT2D eigenvalue weighted by molar-refractivity contribution is 4.96. The summed E-state index contributed by atoms with van der Waals surface area (Å²) >= 11 is 0. The Kier molecular flexibility index (Phi) is 2.79. The minimum absolute atomic E-state index is 0.103. The first-order valence-corrected chi connectivity index (χ1v) is 4.91. The number of rotatable bonds is 3. The second-order valence-electron chi connectivity index (χ2n) is 3.52. The zero-order chi connectivity index (χ0) is 9.97. The van der Waals surface area contributed by atoms with Gasteiger partial charge in [0.25, 0.3) is 0 Å². The van der Waals surface area contributed by atoms with Crippen LogP contribution in [0.5, 0.6) is 0 Å². The number of nitrogens with zero attached hydrogens (tertiary/aromatic N) is 2. The monoisotopic (exact) mass is 197 g/mol. The number of aromatic nitrogens is 2. The maximum Gasteiger partial charge on any atom is 0.243 e. The lowest BCUT2D eigenvalue weighted by molar-refractivity contribution is 0.109.